The number of quaternary nitrogens is 1. The molecule has 38 heavy (non-hydrogen) atoms. The van der Waals surface area contributed by atoms with Crippen molar-refractivity contribution in [3.8, 4) is 23.0 Å². The van der Waals surface area contributed by atoms with Crippen molar-refractivity contribution in [1.29, 1.82) is 0 Å². The molecule has 0 radical (unpaired) electrons. The van der Waals surface area contributed by atoms with Gasteiger partial charge in [0.1, 0.15) is 17.9 Å². The molecule has 192 valence electrons. The summed E-state index contributed by atoms with van der Waals surface area (Å²) in [4.78, 5) is 42.8. The summed E-state index contributed by atoms with van der Waals surface area (Å²) < 4.78 is 10.8. The van der Waals surface area contributed by atoms with E-state index in [0.29, 0.717) is 40.3 Å². The molecule has 0 aromatic heterocycles. The number of nitrogens with one attached hydrogen (secondary N) is 1. The van der Waals surface area contributed by atoms with E-state index < -0.39 is 29.3 Å². The van der Waals surface area contributed by atoms with Gasteiger partial charge in [-0.2, -0.15) is 0 Å². The van der Waals surface area contributed by atoms with Crippen molar-refractivity contribution in [2.75, 3.05) is 12.1 Å². The van der Waals surface area contributed by atoms with Crippen LogP contribution in [-0.2, 0) is 32.9 Å². The predicted octanol–water partition coefficient (Wildman–Crippen LogP) is 0.964. The second-order valence-corrected chi connectivity index (χ2v) is 10.2. The number of amides is 3. The Morgan fingerprint density at radius 2 is 1.71 bits per heavy atom. The zero-order valence-corrected chi connectivity index (χ0v) is 20.1. The number of rotatable bonds is 4. The molecule has 4 heterocycles. The Bertz CT molecular complexity index is 1540. The first-order valence-corrected chi connectivity index (χ1v) is 12.4. The molecule has 2 fully saturated rings. The van der Waals surface area contributed by atoms with Gasteiger partial charge in [0.05, 0.1) is 12.2 Å². The molecular weight excluding hydrogens is 490 g/mol. The maximum absolute atomic E-state index is 14.0. The van der Waals surface area contributed by atoms with Gasteiger partial charge in [-0.3, -0.25) is 19.3 Å². The molecule has 4 aliphatic heterocycles. The van der Waals surface area contributed by atoms with Crippen LogP contribution in [0.25, 0.3) is 0 Å². The number of imide groups is 1. The van der Waals surface area contributed by atoms with Crippen LogP contribution in [0, 0.1) is 11.8 Å². The lowest BCUT2D eigenvalue weighted by Gasteiger charge is -2.26. The van der Waals surface area contributed by atoms with Crippen molar-refractivity contribution < 1.29 is 39.4 Å². The fourth-order valence-electron chi connectivity index (χ4n) is 6.51. The second kappa shape index (κ2) is 7.96. The van der Waals surface area contributed by atoms with Crippen LogP contribution >= 0.6 is 0 Å². The number of carbonyl (C=O) groups is 3. The fourth-order valence-corrected chi connectivity index (χ4v) is 6.51. The van der Waals surface area contributed by atoms with Crippen molar-refractivity contribution in [3.05, 3.63) is 77.4 Å². The number of phenolic OH excluding ortho intramolecular Hbond substituents is 2. The summed E-state index contributed by atoms with van der Waals surface area (Å²) in [7, 11) is 0. The minimum absolute atomic E-state index is 0.0490. The van der Waals surface area contributed by atoms with Crippen LogP contribution in [0.3, 0.4) is 0 Å². The average molecular weight is 515 g/mol. The van der Waals surface area contributed by atoms with Crippen LogP contribution in [0.1, 0.15) is 16.7 Å². The fraction of sp³-hybridized carbons (Fsp3) is 0.250. The lowest BCUT2D eigenvalue weighted by atomic mass is 9.76. The topological polar surface area (TPSA) is 142 Å². The Kier molecular flexibility index (Phi) is 4.74. The number of nitrogens with two attached hydrogens (primary N) is 1. The normalized spacial score (nSPS) is 26.7. The molecule has 7 rings (SSSR count). The number of likely N-dealkylation sites (tertiary alicyclic amines) is 1. The zero-order chi connectivity index (χ0) is 26.2. The molecule has 0 saturated carbocycles. The number of carbonyl (C=O) groups excluding carboxylic acids is 3. The molecule has 0 bridgehead atoms. The molecule has 3 amide bonds. The first kappa shape index (κ1) is 22.6. The van der Waals surface area contributed by atoms with E-state index in [0.717, 1.165) is 0 Å². The van der Waals surface area contributed by atoms with Gasteiger partial charge in [-0.05, 0) is 41.5 Å². The molecule has 4 aliphatic rings. The summed E-state index contributed by atoms with van der Waals surface area (Å²) in [6.45, 7) is 0.166. The third-order valence-electron chi connectivity index (χ3n) is 8.16. The third kappa shape index (κ3) is 3.07. The van der Waals surface area contributed by atoms with E-state index >= 15 is 0 Å². The number of fused-ring (bicyclic) bond motifs is 5. The molecule has 10 heteroatoms. The van der Waals surface area contributed by atoms with Gasteiger partial charge in [0.2, 0.25) is 24.1 Å². The summed E-state index contributed by atoms with van der Waals surface area (Å²) in [5.41, 5.74) is 1.41. The Morgan fingerprint density at radius 1 is 0.921 bits per heavy atom. The zero-order valence-electron chi connectivity index (χ0n) is 20.1. The average Bonchev–Trinajstić information content (AvgIpc) is 3.63. The number of anilines is 1. The Morgan fingerprint density at radius 3 is 2.55 bits per heavy atom. The van der Waals surface area contributed by atoms with E-state index in [4.69, 9.17) is 9.47 Å². The smallest absolute Gasteiger partial charge is 0.291 e. The standard InChI is InChI=1S/C28H23N3O7/c32-19-7-5-14(10-20(19)33)9-18-23-24(28(30-18)16-3-1-2-4-17(16)29-27(28)36)26(35)31(25(23)34)12-15-6-8-21-22(11-15)38-13-37-21/h1-8,10-11,18,23-24,30,32-33H,9,12-13H2,(H,29,36)/p+1/t18-,23+,24-,28+/m0/s1. The molecule has 0 aliphatic carbocycles. The number of ether oxygens (including phenoxy) is 2. The van der Waals surface area contributed by atoms with Gasteiger partial charge >= 0.3 is 0 Å². The molecule has 1 spiro atoms. The van der Waals surface area contributed by atoms with Gasteiger partial charge in [-0.25, -0.2) is 0 Å². The number of benzene rings is 3. The number of aromatic hydroxyl groups is 2. The highest BCUT2D eigenvalue weighted by atomic mass is 16.7. The van der Waals surface area contributed by atoms with E-state index in [2.05, 4.69) is 5.32 Å². The summed E-state index contributed by atoms with van der Waals surface area (Å²) in [5.74, 6) is -2.06. The molecule has 4 atom stereocenters. The molecule has 10 nitrogen and oxygen atoms in total. The van der Waals surface area contributed by atoms with Gasteiger partial charge < -0.3 is 30.3 Å². The van der Waals surface area contributed by atoms with Gasteiger partial charge in [-0.1, -0.05) is 30.3 Å². The van der Waals surface area contributed by atoms with Crippen LogP contribution in [-0.4, -0.2) is 45.7 Å². The largest absolute Gasteiger partial charge is 0.504 e. The number of hydrogen-bond donors (Lipinski definition) is 4. The van der Waals surface area contributed by atoms with Crippen LogP contribution in [0.5, 0.6) is 23.0 Å². The molecule has 5 N–H and O–H groups in total. The number of para-hydroxylation sites is 1. The van der Waals surface area contributed by atoms with Gasteiger partial charge in [-0.15, -0.1) is 0 Å². The molecular formula is C28H24N3O7+. The van der Waals surface area contributed by atoms with Crippen LogP contribution < -0.4 is 20.1 Å². The minimum atomic E-state index is -1.29. The first-order chi connectivity index (χ1) is 18.4. The van der Waals surface area contributed by atoms with Crippen LogP contribution in [0.4, 0.5) is 5.69 Å². The van der Waals surface area contributed by atoms with Crippen molar-refractivity contribution in [2.45, 2.75) is 24.5 Å². The SMILES string of the molecule is O=C1[C@@H]2[C@H](Cc3ccc(O)c(O)c3)[NH2+][C@@]3(C(=O)Nc4ccccc43)[C@@H]2C(=O)N1Cc1ccc2c(c1)OCO2. The Balaban J connectivity index is 1.29. The van der Waals surface area contributed by atoms with E-state index in [-0.39, 0.29) is 36.7 Å². The number of nitrogens with zero attached hydrogens (tertiary/aromatic N) is 1. The van der Waals surface area contributed by atoms with E-state index in [1.165, 1.54) is 17.0 Å². The number of phenols is 2. The highest BCUT2D eigenvalue weighted by molar-refractivity contribution is 6.13. The second-order valence-electron chi connectivity index (χ2n) is 10.2. The summed E-state index contributed by atoms with van der Waals surface area (Å²) in [6, 6.07) is 16.6. The first-order valence-electron chi connectivity index (χ1n) is 12.4. The van der Waals surface area contributed by atoms with Crippen LogP contribution in [0.15, 0.2) is 60.7 Å². The van der Waals surface area contributed by atoms with Gasteiger partial charge in [0.15, 0.2) is 23.0 Å². The lowest BCUT2D eigenvalue weighted by Crippen LogP contribution is -2.99. The van der Waals surface area contributed by atoms with Crippen molar-refractivity contribution in [2.24, 2.45) is 11.8 Å². The lowest BCUT2D eigenvalue weighted by molar-refractivity contribution is -0.733. The highest BCUT2D eigenvalue weighted by Crippen LogP contribution is 2.49. The van der Waals surface area contributed by atoms with Crippen LogP contribution in [0.2, 0.25) is 0 Å². The molecule has 2 saturated heterocycles. The Hall–Kier alpha value is -4.57. The Labute approximate surface area is 216 Å². The van der Waals surface area contributed by atoms with Crippen molar-refractivity contribution in [1.82, 2.24) is 4.90 Å². The van der Waals surface area contributed by atoms with Gasteiger partial charge in [0, 0.05) is 12.0 Å². The van der Waals surface area contributed by atoms with E-state index in [1.807, 2.05) is 23.5 Å². The predicted molar refractivity (Wildman–Crippen MR) is 131 cm³/mol. The minimum Gasteiger partial charge on any atom is -0.504 e. The molecule has 3 aromatic carbocycles. The van der Waals surface area contributed by atoms with Crippen molar-refractivity contribution >= 4 is 23.4 Å². The van der Waals surface area contributed by atoms with E-state index in [1.54, 1.807) is 30.3 Å². The highest BCUT2D eigenvalue weighted by Gasteiger charge is 2.74. The number of hydrogen-bond acceptors (Lipinski definition) is 7. The summed E-state index contributed by atoms with van der Waals surface area (Å²) >= 11 is 0. The van der Waals surface area contributed by atoms with Crippen molar-refractivity contribution in [3.63, 3.8) is 0 Å². The molecule has 3 aromatic rings. The monoisotopic (exact) mass is 514 g/mol. The van der Waals surface area contributed by atoms with E-state index in [9.17, 15) is 24.6 Å². The summed E-state index contributed by atoms with van der Waals surface area (Å²) in [5, 5.41) is 24.5. The maximum Gasteiger partial charge on any atom is 0.291 e. The van der Waals surface area contributed by atoms with Gasteiger partial charge in [0.25, 0.3) is 5.91 Å². The third-order valence-corrected chi connectivity index (χ3v) is 8.16. The maximum atomic E-state index is 14.0. The summed E-state index contributed by atoms with van der Waals surface area (Å²) in [6.07, 6.45) is 0.309. The quantitative estimate of drug-likeness (QED) is 0.300. The molecule has 0 unspecified atom stereocenters.